The number of hydrogen-bond acceptors (Lipinski definition) is 1. The average molecular weight is 477 g/mol. The molecule has 2 aromatic rings. The molecule has 0 bridgehead atoms. The average Bonchev–Trinajstić information content (AvgIpc) is 2.49. The van der Waals surface area contributed by atoms with Crippen LogP contribution >= 0.6 is 50.1 Å². The van der Waals surface area contributed by atoms with Gasteiger partial charge in [-0.1, -0.05) is 45.7 Å². The van der Waals surface area contributed by atoms with E-state index in [4.69, 9.17) is 11.6 Å². The number of carbonyl (C=O) groups is 1. The molecule has 21 heavy (non-hydrogen) atoms. The van der Waals surface area contributed by atoms with Gasteiger partial charge in [0, 0.05) is 15.7 Å². The Bertz CT molecular complexity index is 719. The highest BCUT2D eigenvalue weighted by molar-refractivity contribution is 14.1. The summed E-state index contributed by atoms with van der Waals surface area (Å²) in [6.07, 6.45) is 0.893. The van der Waals surface area contributed by atoms with Gasteiger partial charge in [0.1, 0.15) is 0 Å². The molecule has 1 atom stereocenters. The highest BCUT2D eigenvalue weighted by Gasteiger charge is 2.19. The second kappa shape index (κ2) is 6.26. The van der Waals surface area contributed by atoms with Gasteiger partial charge in [-0.3, -0.25) is 4.79 Å². The lowest BCUT2D eigenvalue weighted by Gasteiger charge is -2.19. The largest absolute Gasteiger partial charge is 0.352 e. The Morgan fingerprint density at radius 1 is 1.19 bits per heavy atom. The summed E-state index contributed by atoms with van der Waals surface area (Å²) < 4.78 is 1.03. The maximum atomic E-state index is 11.9. The molecule has 1 amide bonds. The fraction of sp³-hybridized carbons (Fsp3) is 0.188. The Morgan fingerprint density at radius 3 is 2.67 bits per heavy atom. The van der Waals surface area contributed by atoms with E-state index in [1.807, 2.05) is 30.3 Å². The van der Waals surface area contributed by atoms with Crippen LogP contribution in [0.1, 0.15) is 31.9 Å². The second-order valence-corrected chi connectivity index (χ2v) is 7.44. The van der Waals surface area contributed by atoms with Crippen LogP contribution < -0.4 is 5.32 Å². The van der Waals surface area contributed by atoms with E-state index in [0.717, 1.165) is 43.8 Å². The zero-order chi connectivity index (χ0) is 15.0. The first-order valence-electron chi connectivity index (χ1n) is 6.56. The van der Waals surface area contributed by atoms with Crippen molar-refractivity contribution >= 4 is 56.0 Å². The number of alkyl halides is 1. The lowest BCUT2D eigenvalue weighted by atomic mass is 9.95. The van der Waals surface area contributed by atoms with Gasteiger partial charge in [-0.25, -0.2) is 0 Å². The van der Waals surface area contributed by atoms with Crippen LogP contribution in [-0.4, -0.2) is 12.5 Å². The predicted molar refractivity (Wildman–Crippen MR) is 97.4 cm³/mol. The Labute approximate surface area is 150 Å². The minimum Gasteiger partial charge on any atom is -0.352 e. The molecule has 0 saturated heterocycles. The van der Waals surface area contributed by atoms with Gasteiger partial charge >= 0.3 is 0 Å². The van der Waals surface area contributed by atoms with E-state index >= 15 is 0 Å². The van der Waals surface area contributed by atoms with Crippen LogP contribution in [0.15, 0.2) is 36.4 Å². The number of halogens is 3. The smallest absolute Gasteiger partial charge is 0.251 e. The molecule has 3 rings (SSSR count). The van der Waals surface area contributed by atoms with Crippen molar-refractivity contribution in [3.8, 4) is 0 Å². The van der Waals surface area contributed by atoms with Gasteiger partial charge in [0.25, 0.3) is 5.91 Å². The summed E-state index contributed by atoms with van der Waals surface area (Å²) >= 11 is 12.1. The van der Waals surface area contributed by atoms with E-state index in [2.05, 4.69) is 49.9 Å². The van der Waals surface area contributed by atoms with Crippen molar-refractivity contribution in [3.05, 3.63) is 67.2 Å². The molecule has 0 spiro atoms. The molecule has 1 heterocycles. The van der Waals surface area contributed by atoms with Gasteiger partial charge in [0.15, 0.2) is 0 Å². The molecule has 1 N–H and O–H groups in total. The Morgan fingerprint density at radius 2 is 1.90 bits per heavy atom. The molecular formula is C16H12BrClINO. The van der Waals surface area contributed by atoms with Crippen molar-refractivity contribution in [2.75, 3.05) is 6.54 Å². The summed E-state index contributed by atoms with van der Waals surface area (Å²) in [5, 5.41) is 3.63. The number of carbonyl (C=O) groups excluding carboxylic acids is 1. The third-order valence-corrected chi connectivity index (χ3v) is 6.22. The van der Waals surface area contributed by atoms with E-state index in [9.17, 15) is 4.79 Å². The molecule has 0 saturated carbocycles. The lowest BCUT2D eigenvalue weighted by Crippen LogP contribution is -2.31. The molecule has 2 nitrogen and oxygen atoms in total. The van der Waals surface area contributed by atoms with Gasteiger partial charge in [0.05, 0.1) is 9.85 Å². The number of hydrogen-bond donors (Lipinski definition) is 1. The molecule has 0 aliphatic carbocycles. The van der Waals surface area contributed by atoms with Crippen LogP contribution in [-0.2, 0) is 6.42 Å². The van der Waals surface area contributed by atoms with E-state index in [-0.39, 0.29) is 10.7 Å². The lowest BCUT2D eigenvalue weighted by molar-refractivity contribution is 0.0946. The third-order valence-electron chi connectivity index (χ3n) is 3.59. The summed E-state index contributed by atoms with van der Waals surface area (Å²) in [5.74, 6) is 0.0124. The summed E-state index contributed by atoms with van der Waals surface area (Å²) in [4.78, 5) is 12.0. The molecule has 108 valence electrons. The maximum Gasteiger partial charge on any atom is 0.251 e. The molecule has 0 aromatic heterocycles. The molecule has 5 heteroatoms. The third kappa shape index (κ3) is 3.12. The standard InChI is InChI=1S/C16H12BrClINO/c17-15(11-3-4-14(19)13(18)8-11)10-2-1-9-5-6-20-16(21)12(9)7-10/h1-4,7-8,15H,5-6H2,(H,20,21). The van der Waals surface area contributed by atoms with Gasteiger partial charge in [-0.15, -0.1) is 0 Å². The maximum absolute atomic E-state index is 11.9. The van der Waals surface area contributed by atoms with Crippen molar-refractivity contribution in [2.24, 2.45) is 0 Å². The zero-order valence-electron chi connectivity index (χ0n) is 11.0. The molecule has 1 aliphatic heterocycles. The second-order valence-electron chi connectivity index (χ2n) is 4.96. The van der Waals surface area contributed by atoms with E-state index in [0.29, 0.717) is 0 Å². The van der Waals surface area contributed by atoms with Gasteiger partial charge in [-0.2, -0.15) is 0 Å². The van der Waals surface area contributed by atoms with Crippen LogP contribution in [0.25, 0.3) is 0 Å². The highest BCUT2D eigenvalue weighted by Crippen LogP contribution is 2.34. The number of benzene rings is 2. The van der Waals surface area contributed by atoms with Crippen LogP contribution in [0.3, 0.4) is 0 Å². The monoisotopic (exact) mass is 475 g/mol. The first-order valence-corrected chi connectivity index (χ1v) is 8.93. The van der Waals surface area contributed by atoms with Crippen LogP contribution in [0.4, 0.5) is 0 Å². The first kappa shape index (κ1) is 15.3. The molecule has 2 aromatic carbocycles. The summed E-state index contributed by atoms with van der Waals surface area (Å²) in [6.45, 7) is 0.718. The minimum absolute atomic E-state index is 0.0124. The molecule has 1 unspecified atom stereocenters. The number of amides is 1. The van der Waals surface area contributed by atoms with Gasteiger partial charge < -0.3 is 5.32 Å². The van der Waals surface area contributed by atoms with Gasteiger partial charge in [-0.05, 0) is 63.9 Å². The van der Waals surface area contributed by atoms with Crippen molar-refractivity contribution in [3.63, 3.8) is 0 Å². The van der Waals surface area contributed by atoms with Crippen LogP contribution in [0, 0.1) is 3.57 Å². The van der Waals surface area contributed by atoms with E-state index < -0.39 is 0 Å². The molecular weight excluding hydrogens is 464 g/mol. The Kier molecular flexibility index (Phi) is 4.57. The van der Waals surface area contributed by atoms with Crippen molar-refractivity contribution < 1.29 is 4.79 Å². The fourth-order valence-corrected chi connectivity index (χ4v) is 3.54. The first-order chi connectivity index (χ1) is 10.1. The Balaban J connectivity index is 1.98. The summed E-state index contributed by atoms with van der Waals surface area (Å²) in [7, 11) is 0. The van der Waals surface area contributed by atoms with Gasteiger partial charge in [0.2, 0.25) is 0 Å². The molecule has 0 radical (unpaired) electrons. The number of nitrogens with one attached hydrogen (secondary N) is 1. The van der Waals surface area contributed by atoms with Crippen LogP contribution in [0.2, 0.25) is 5.02 Å². The molecule has 1 aliphatic rings. The van der Waals surface area contributed by atoms with Crippen molar-refractivity contribution in [1.82, 2.24) is 5.32 Å². The van der Waals surface area contributed by atoms with E-state index in [1.165, 1.54) is 0 Å². The summed E-state index contributed by atoms with van der Waals surface area (Å²) in [5.41, 5.74) is 4.03. The summed E-state index contributed by atoms with van der Waals surface area (Å²) in [6, 6.07) is 12.1. The minimum atomic E-state index is 0.0124. The quantitative estimate of drug-likeness (QED) is 0.494. The normalized spacial score (nSPS) is 15.3. The fourth-order valence-electron chi connectivity index (χ4n) is 2.45. The molecule has 0 fully saturated rings. The van der Waals surface area contributed by atoms with Crippen LogP contribution in [0.5, 0.6) is 0 Å². The topological polar surface area (TPSA) is 29.1 Å². The van der Waals surface area contributed by atoms with Crippen molar-refractivity contribution in [2.45, 2.75) is 11.2 Å². The van der Waals surface area contributed by atoms with Crippen molar-refractivity contribution in [1.29, 1.82) is 0 Å². The number of rotatable bonds is 2. The zero-order valence-corrected chi connectivity index (χ0v) is 15.5. The van der Waals surface area contributed by atoms with E-state index in [1.54, 1.807) is 0 Å². The SMILES string of the molecule is O=C1NCCc2ccc(C(Br)c3ccc(I)c(Cl)c3)cc21. The predicted octanol–water partition coefficient (Wildman–Crippen LogP) is 4.71. The number of fused-ring (bicyclic) bond motifs is 1. The highest BCUT2D eigenvalue weighted by atomic mass is 127. The Hall–Kier alpha value is -0.590.